The van der Waals surface area contributed by atoms with Gasteiger partial charge in [-0.1, -0.05) is 29.8 Å². The molecule has 0 aliphatic carbocycles. The van der Waals surface area contributed by atoms with Crippen LogP contribution in [0.15, 0.2) is 48.5 Å². The number of thiocarbonyl (C=S) groups is 1. The molecule has 0 unspecified atom stereocenters. The van der Waals surface area contributed by atoms with Crippen molar-refractivity contribution in [2.75, 3.05) is 23.3 Å². The Morgan fingerprint density at radius 3 is 2.48 bits per heavy atom. The summed E-state index contributed by atoms with van der Waals surface area (Å²) in [6.45, 7) is 4.45. The van der Waals surface area contributed by atoms with Crippen molar-refractivity contribution in [1.82, 2.24) is 5.32 Å². The molecule has 2 aromatic carbocycles. The van der Waals surface area contributed by atoms with Gasteiger partial charge in [-0.25, -0.2) is 0 Å². The minimum absolute atomic E-state index is 0.134. The number of hydrogen-bond donors (Lipinski definition) is 2. The Labute approximate surface area is 160 Å². The lowest BCUT2D eigenvalue weighted by Crippen LogP contribution is -2.31. The number of benzene rings is 2. The van der Waals surface area contributed by atoms with Crippen molar-refractivity contribution in [2.45, 2.75) is 32.2 Å². The van der Waals surface area contributed by atoms with Crippen molar-refractivity contribution in [3.8, 4) is 0 Å². The highest BCUT2D eigenvalue weighted by Gasteiger charge is 2.12. The highest BCUT2D eigenvalue weighted by Crippen LogP contribution is 2.22. The number of nitrogens with one attached hydrogen (secondary N) is 2. The number of nitrogens with zero attached hydrogens (tertiary/aromatic N) is 1. The van der Waals surface area contributed by atoms with Crippen LogP contribution in [0.1, 0.15) is 37.8 Å². The Bertz CT molecular complexity index is 711. The van der Waals surface area contributed by atoms with Crippen LogP contribution in [0.5, 0.6) is 0 Å². The molecule has 1 saturated heterocycles. The van der Waals surface area contributed by atoms with E-state index in [2.05, 4.69) is 46.7 Å². The molecule has 5 heteroatoms. The van der Waals surface area contributed by atoms with Gasteiger partial charge in [-0.05, 0) is 74.3 Å². The summed E-state index contributed by atoms with van der Waals surface area (Å²) in [7, 11) is 0. The quantitative estimate of drug-likeness (QED) is 0.704. The van der Waals surface area contributed by atoms with Crippen LogP contribution in [0.3, 0.4) is 0 Å². The molecule has 2 N–H and O–H groups in total. The summed E-state index contributed by atoms with van der Waals surface area (Å²) < 4.78 is 0. The lowest BCUT2D eigenvalue weighted by Gasteiger charge is -2.29. The van der Waals surface area contributed by atoms with Crippen LogP contribution >= 0.6 is 23.8 Å². The zero-order chi connectivity index (χ0) is 17.6. The maximum Gasteiger partial charge on any atom is 0.171 e. The average molecular weight is 374 g/mol. The second-order valence-corrected chi connectivity index (χ2v) is 7.31. The van der Waals surface area contributed by atoms with Crippen molar-refractivity contribution >= 4 is 40.3 Å². The third kappa shape index (κ3) is 5.10. The molecular weight excluding hydrogens is 350 g/mol. The van der Waals surface area contributed by atoms with Crippen molar-refractivity contribution in [2.24, 2.45) is 0 Å². The van der Waals surface area contributed by atoms with E-state index >= 15 is 0 Å². The monoisotopic (exact) mass is 373 g/mol. The van der Waals surface area contributed by atoms with Crippen LogP contribution in [0.25, 0.3) is 0 Å². The summed E-state index contributed by atoms with van der Waals surface area (Å²) in [6.07, 6.45) is 3.94. The van der Waals surface area contributed by atoms with E-state index in [1.807, 2.05) is 24.3 Å². The molecule has 0 saturated carbocycles. The van der Waals surface area contributed by atoms with Gasteiger partial charge in [0.15, 0.2) is 5.11 Å². The van der Waals surface area contributed by atoms with Gasteiger partial charge in [0.1, 0.15) is 0 Å². The molecule has 1 fully saturated rings. The molecule has 132 valence electrons. The maximum atomic E-state index is 6.00. The minimum atomic E-state index is 0.134. The molecule has 0 bridgehead atoms. The van der Waals surface area contributed by atoms with Crippen molar-refractivity contribution in [3.63, 3.8) is 0 Å². The van der Waals surface area contributed by atoms with E-state index in [1.54, 1.807) is 0 Å². The first-order valence-corrected chi connectivity index (χ1v) is 9.58. The van der Waals surface area contributed by atoms with Crippen molar-refractivity contribution < 1.29 is 0 Å². The molecule has 25 heavy (non-hydrogen) atoms. The Kier molecular flexibility index (Phi) is 6.16. The first-order chi connectivity index (χ1) is 12.1. The van der Waals surface area contributed by atoms with E-state index in [9.17, 15) is 0 Å². The summed E-state index contributed by atoms with van der Waals surface area (Å²) in [6, 6.07) is 16.5. The molecule has 1 atom stereocenters. The fourth-order valence-electron chi connectivity index (χ4n) is 3.14. The summed E-state index contributed by atoms with van der Waals surface area (Å²) in [5.41, 5.74) is 3.42. The molecule has 2 aromatic rings. The van der Waals surface area contributed by atoms with Gasteiger partial charge in [-0.15, -0.1) is 0 Å². The van der Waals surface area contributed by atoms with Crippen LogP contribution < -0.4 is 15.5 Å². The first kappa shape index (κ1) is 18.0. The Morgan fingerprint density at radius 1 is 1.08 bits per heavy atom. The molecular formula is C20H24ClN3S. The lowest BCUT2D eigenvalue weighted by atomic mass is 10.1. The molecule has 3 nitrogen and oxygen atoms in total. The fourth-order valence-corrected chi connectivity index (χ4v) is 3.62. The van der Waals surface area contributed by atoms with Gasteiger partial charge in [0.05, 0.1) is 6.04 Å². The Hall–Kier alpha value is -1.78. The number of halogens is 1. The van der Waals surface area contributed by atoms with Crippen LogP contribution in [0.2, 0.25) is 5.02 Å². The molecule has 1 heterocycles. The number of rotatable bonds is 4. The van der Waals surface area contributed by atoms with Gasteiger partial charge in [-0.2, -0.15) is 0 Å². The molecule has 0 radical (unpaired) electrons. The normalized spacial score (nSPS) is 15.5. The van der Waals surface area contributed by atoms with Crippen molar-refractivity contribution in [1.29, 1.82) is 0 Å². The van der Waals surface area contributed by atoms with Crippen molar-refractivity contribution in [3.05, 3.63) is 59.1 Å². The summed E-state index contributed by atoms with van der Waals surface area (Å²) >= 11 is 11.4. The highest BCUT2D eigenvalue weighted by atomic mass is 35.5. The van der Waals surface area contributed by atoms with Crippen LogP contribution in [0.4, 0.5) is 11.4 Å². The van der Waals surface area contributed by atoms with Gasteiger partial charge >= 0.3 is 0 Å². The van der Waals surface area contributed by atoms with Gasteiger partial charge in [0.25, 0.3) is 0 Å². The van der Waals surface area contributed by atoms with Gasteiger partial charge in [-0.3, -0.25) is 0 Å². The van der Waals surface area contributed by atoms with Gasteiger partial charge < -0.3 is 15.5 Å². The van der Waals surface area contributed by atoms with Crippen LogP contribution in [-0.4, -0.2) is 18.2 Å². The van der Waals surface area contributed by atoms with E-state index in [0.717, 1.165) is 5.69 Å². The Balaban J connectivity index is 1.57. The average Bonchev–Trinajstić information content (AvgIpc) is 2.62. The largest absolute Gasteiger partial charge is 0.372 e. The third-order valence-corrected chi connectivity index (χ3v) is 5.00. The van der Waals surface area contributed by atoms with Crippen LogP contribution in [-0.2, 0) is 0 Å². The molecule has 1 aliphatic rings. The number of anilines is 2. The Morgan fingerprint density at radius 2 is 1.80 bits per heavy atom. The predicted octanol–water partition coefficient (Wildman–Crippen LogP) is 5.38. The topological polar surface area (TPSA) is 27.3 Å². The smallest absolute Gasteiger partial charge is 0.171 e. The standard InChI is InChI=1S/C20H24ClN3S/c1-15(22-20(25)23-18-7-5-6-17(21)14-18)16-8-10-19(11-9-16)24-12-3-2-4-13-24/h5-11,14-15H,2-4,12-13H2,1H3,(H2,22,23,25)/t15-/m1/s1. The van der Waals surface area contributed by atoms with E-state index in [1.165, 1.54) is 43.6 Å². The number of piperidine rings is 1. The molecule has 1 aliphatic heterocycles. The van der Waals surface area contributed by atoms with E-state index in [4.69, 9.17) is 23.8 Å². The number of hydrogen-bond acceptors (Lipinski definition) is 2. The lowest BCUT2D eigenvalue weighted by molar-refractivity contribution is 0.577. The predicted molar refractivity (Wildman–Crippen MR) is 112 cm³/mol. The first-order valence-electron chi connectivity index (χ1n) is 8.80. The van der Waals surface area contributed by atoms with Gasteiger partial charge in [0, 0.05) is 29.5 Å². The van der Waals surface area contributed by atoms with E-state index in [-0.39, 0.29) is 6.04 Å². The molecule has 3 rings (SSSR count). The van der Waals surface area contributed by atoms with E-state index < -0.39 is 0 Å². The molecule has 0 spiro atoms. The third-order valence-electron chi connectivity index (χ3n) is 4.54. The fraction of sp³-hybridized carbons (Fsp3) is 0.350. The summed E-state index contributed by atoms with van der Waals surface area (Å²) in [4.78, 5) is 2.47. The second-order valence-electron chi connectivity index (χ2n) is 6.47. The van der Waals surface area contributed by atoms with Crippen LogP contribution in [0, 0.1) is 0 Å². The highest BCUT2D eigenvalue weighted by molar-refractivity contribution is 7.80. The zero-order valence-electron chi connectivity index (χ0n) is 14.5. The molecule has 0 amide bonds. The second kappa shape index (κ2) is 8.54. The van der Waals surface area contributed by atoms with Gasteiger partial charge in [0.2, 0.25) is 0 Å². The maximum absolute atomic E-state index is 6.00. The SMILES string of the molecule is C[C@@H](NC(=S)Nc1cccc(Cl)c1)c1ccc(N2CCCCC2)cc1. The minimum Gasteiger partial charge on any atom is -0.372 e. The molecule has 0 aromatic heterocycles. The van der Waals surface area contributed by atoms with E-state index in [0.29, 0.717) is 10.1 Å². The zero-order valence-corrected chi connectivity index (χ0v) is 16.0. The summed E-state index contributed by atoms with van der Waals surface area (Å²) in [5, 5.41) is 7.78. The summed E-state index contributed by atoms with van der Waals surface area (Å²) in [5.74, 6) is 0.